The molecule has 0 aliphatic heterocycles. The highest BCUT2D eigenvalue weighted by Gasteiger charge is 2.03. The average molecular weight is 307 g/mol. The van der Waals surface area contributed by atoms with Crippen LogP contribution in [0, 0.1) is 3.77 Å². The monoisotopic (exact) mass is 307 g/mol. The highest BCUT2D eigenvalue weighted by molar-refractivity contribution is 14.1. The maximum atomic E-state index is 5.46. The topological polar surface area (TPSA) is 25.2 Å². The van der Waals surface area contributed by atoms with Crippen molar-refractivity contribution in [3.63, 3.8) is 0 Å². The zero-order chi connectivity index (χ0) is 10.4. The summed E-state index contributed by atoms with van der Waals surface area (Å²) in [5.74, 6) is 1.03. The van der Waals surface area contributed by atoms with E-state index in [2.05, 4.69) is 41.8 Å². The van der Waals surface area contributed by atoms with Crippen molar-refractivity contribution in [3.05, 3.63) is 21.7 Å². The summed E-state index contributed by atoms with van der Waals surface area (Å²) in [6.07, 6.45) is 3.81. The van der Waals surface area contributed by atoms with Crippen molar-refractivity contribution in [2.45, 2.75) is 45.7 Å². The van der Waals surface area contributed by atoms with Crippen molar-refractivity contribution in [3.8, 4) is 0 Å². The van der Waals surface area contributed by atoms with Crippen molar-refractivity contribution >= 4 is 22.6 Å². The first-order chi connectivity index (χ1) is 6.72. The SMILES string of the molecule is CCCCC(C)NCc1ccc(I)o1. The lowest BCUT2D eigenvalue weighted by Gasteiger charge is -2.11. The maximum Gasteiger partial charge on any atom is 0.164 e. The van der Waals surface area contributed by atoms with Crippen LogP contribution in [0.5, 0.6) is 0 Å². The van der Waals surface area contributed by atoms with Gasteiger partial charge < -0.3 is 9.73 Å². The summed E-state index contributed by atoms with van der Waals surface area (Å²) >= 11 is 2.19. The molecule has 2 nitrogen and oxygen atoms in total. The molecule has 1 atom stereocenters. The lowest BCUT2D eigenvalue weighted by atomic mass is 10.1. The molecule has 1 unspecified atom stereocenters. The number of unbranched alkanes of at least 4 members (excludes halogenated alkanes) is 1. The molecule has 0 amide bonds. The smallest absolute Gasteiger partial charge is 0.164 e. The molecule has 1 rings (SSSR count). The highest BCUT2D eigenvalue weighted by Crippen LogP contribution is 2.10. The Morgan fingerprint density at radius 3 is 2.86 bits per heavy atom. The van der Waals surface area contributed by atoms with Gasteiger partial charge in [0.2, 0.25) is 0 Å². The predicted molar refractivity (Wildman–Crippen MR) is 67.3 cm³/mol. The van der Waals surface area contributed by atoms with Crippen LogP contribution in [0.4, 0.5) is 0 Å². The van der Waals surface area contributed by atoms with Gasteiger partial charge in [0.05, 0.1) is 6.54 Å². The molecule has 1 aromatic rings. The van der Waals surface area contributed by atoms with Crippen molar-refractivity contribution in [2.75, 3.05) is 0 Å². The summed E-state index contributed by atoms with van der Waals surface area (Å²) in [6, 6.07) is 4.60. The predicted octanol–water partition coefficient (Wildman–Crippen LogP) is 3.55. The zero-order valence-electron chi connectivity index (χ0n) is 8.85. The number of halogens is 1. The third-order valence-corrected chi connectivity index (χ3v) is 2.82. The van der Waals surface area contributed by atoms with Gasteiger partial charge in [-0.1, -0.05) is 19.8 Å². The van der Waals surface area contributed by atoms with Gasteiger partial charge in [0.1, 0.15) is 5.76 Å². The second-order valence-electron chi connectivity index (χ2n) is 3.63. The Bertz CT molecular complexity index is 260. The molecule has 0 aromatic carbocycles. The first-order valence-corrected chi connectivity index (χ1v) is 6.28. The summed E-state index contributed by atoms with van der Waals surface area (Å²) < 4.78 is 6.42. The number of furan rings is 1. The fourth-order valence-electron chi connectivity index (χ4n) is 1.33. The van der Waals surface area contributed by atoms with Crippen LogP contribution in [0.3, 0.4) is 0 Å². The number of rotatable bonds is 6. The van der Waals surface area contributed by atoms with Gasteiger partial charge in [0, 0.05) is 6.04 Å². The Hall–Kier alpha value is -0.0300. The molecule has 0 saturated carbocycles. The average Bonchev–Trinajstić information content (AvgIpc) is 2.58. The molecular weight excluding hydrogens is 289 g/mol. The molecule has 0 spiro atoms. The first-order valence-electron chi connectivity index (χ1n) is 5.20. The first kappa shape index (κ1) is 12.0. The molecule has 0 saturated heterocycles. The summed E-state index contributed by atoms with van der Waals surface area (Å²) in [6.45, 7) is 5.29. The minimum Gasteiger partial charge on any atom is -0.454 e. The number of hydrogen-bond acceptors (Lipinski definition) is 2. The molecule has 80 valence electrons. The second kappa shape index (κ2) is 6.45. The van der Waals surface area contributed by atoms with Crippen LogP contribution in [-0.4, -0.2) is 6.04 Å². The van der Waals surface area contributed by atoms with Gasteiger partial charge in [-0.2, -0.15) is 0 Å². The molecule has 14 heavy (non-hydrogen) atoms. The van der Waals surface area contributed by atoms with Crippen LogP contribution in [-0.2, 0) is 6.54 Å². The molecule has 1 aromatic heterocycles. The van der Waals surface area contributed by atoms with Crippen LogP contribution < -0.4 is 5.32 Å². The van der Waals surface area contributed by atoms with Crippen LogP contribution in [0.15, 0.2) is 16.5 Å². The van der Waals surface area contributed by atoms with Crippen molar-refractivity contribution in [1.29, 1.82) is 0 Å². The van der Waals surface area contributed by atoms with Gasteiger partial charge in [0.25, 0.3) is 0 Å². The standard InChI is InChI=1S/C11H18INO/c1-3-4-5-9(2)13-8-10-6-7-11(12)14-10/h6-7,9,13H,3-5,8H2,1-2H3. The van der Waals surface area contributed by atoms with E-state index in [0.717, 1.165) is 16.1 Å². The number of hydrogen-bond donors (Lipinski definition) is 1. The van der Waals surface area contributed by atoms with E-state index in [1.165, 1.54) is 19.3 Å². The Kier molecular flexibility index (Phi) is 5.55. The summed E-state index contributed by atoms with van der Waals surface area (Å²) in [5, 5.41) is 3.45. The Balaban J connectivity index is 2.20. The highest BCUT2D eigenvalue weighted by atomic mass is 127. The van der Waals surface area contributed by atoms with Crippen LogP contribution in [0.25, 0.3) is 0 Å². The summed E-state index contributed by atoms with van der Waals surface area (Å²) in [4.78, 5) is 0. The van der Waals surface area contributed by atoms with Gasteiger partial charge in [-0.05, 0) is 48.1 Å². The third-order valence-electron chi connectivity index (χ3n) is 2.24. The van der Waals surface area contributed by atoms with Crippen LogP contribution in [0.1, 0.15) is 38.9 Å². The third kappa shape index (κ3) is 4.46. The van der Waals surface area contributed by atoms with E-state index in [4.69, 9.17) is 4.42 Å². The molecule has 1 heterocycles. The molecular formula is C11H18INO. The molecule has 0 aliphatic carbocycles. The van der Waals surface area contributed by atoms with E-state index in [-0.39, 0.29) is 0 Å². The van der Waals surface area contributed by atoms with Gasteiger partial charge in [-0.3, -0.25) is 0 Å². The van der Waals surface area contributed by atoms with Gasteiger partial charge in [0.15, 0.2) is 3.77 Å². The van der Waals surface area contributed by atoms with Gasteiger partial charge in [-0.15, -0.1) is 0 Å². The quantitative estimate of drug-likeness (QED) is 0.813. The Labute approximate surface area is 99.6 Å². The van der Waals surface area contributed by atoms with E-state index < -0.39 is 0 Å². The van der Waals surface area contributed by atoms with E-state index in [1.54, 1.807) is 0 Å². The molecule has 0 bridgehead atoms. The molecule has 1 N–H and O–H groups in total. The van der Waals surface area contributed by atoms with Gasteiger partial charge >= 0.3 is 0 Å². The lowest BCUT2D eigenvalue weighted by molar-refractivity contribution is 0.426. The maximum absolute atomic E-state index is 5.46. The minimum atomic E-state index is 0.581. The van der Waals surface area contributed by atoms with Crippen molar-refractivity contribution in [1.82, 2.24) is 5.32 Å². The van der Waals surface area contributed by atoms with E-state index in [0.29, 0.717) is 6.04 Å². The summed E-state index contributed by atoms with van der Waals surface area (Å²) in [5.41, 5.74) is 0. The minimum absolute atomic E-state index is 0.581. The fraction of sp³-hybridized carbons (Fsp3) is 0.636. The molecule has 0 fully saturated rings. The number of nitrogens with one attached hydrogen (secondary N) is 1. The largest absolute Gasteiger partial charge is 0.454 e. The lowest BCUT2D eigenvalue weighted by Crippen LogP contribution is -2.24. The fourth-order valence-corrected chi connectivity index (χ4v) is 1.80. The van der Waals surface area contributed by atoms with E-state index in [9.17, 15) is 0 Å². The van der Waals surface area contributed by atoms with Crippen molar-refractivity contribution < 1.29 is 4.42 Å². The van der Waals surface area contributed by atoms with Crippen LogP contribution in [0.2, 0.25) is 0 Å². The van der Waals surface area contributed by atoms with Gasteiger partial charge in [-0.25, -0.2) is 0 Å². The van der Waals surface area contributed by atoms with E-state index >= 15 is 0 Å². The van der Waals surface area contributed by atoms with Crippen molar-refractivity contribution in [2.24, 2.45) is 0 Å². The van der Waals surface area contributed by atoms with Crippen LogP contribution >= 0.6 is 22.6 Å². The summed E-state index contributed by atoms with van der Waals surface area (Å²) in [7, 11) is 0. The Morgan fingerprint density at radius 2 is 2.29 bits per heavy atom. The normalized spacial score (nSPS) is 13.1. The molecule has 0 aliphatic rings. The second-order valence-corrected chi connectivity index (χ2v) is 4.69. The van der Waals surface area contributed by atoms with E-state index in [1.807, 2.05) is 12.1 Å². The zero-order valence-corrected chi connectivity index (χ0v) is 11.0. The Morgan fingerprint density at radius 1 is 1.50 bits per heavy atom. The molecule has 3 heteroatoms. The molecule has 0 radical (unpaired) electrons.